The van der Waals surface area contributed by atoms with Gasteiger partial charge in [-0.25, -0.2) is 0 Å². The molecule has 0 bridgehead atoms. The monoisotopic (exact) mass is 457 g/mol. The third-order valence-electron chi connectivity index (χ3n) is 6.26. The first-order chi connectivity index (χ1) is 16.5. The first-order valence-electron chi connectivity index (χ1n) is 11.7. The van der Waals surface area contributed by atoms with Crippen molar-refractivity contribution >= 4 is 17.9 Å². The molecule has 2 aromatic carbocycles. The molecule has 1 aliphatic heterocycles. The number of benzene rings is 2. The summed E-state index contributed by atoms with van der Waals surface area (Å²) >= 11 is 0. The van der Waals surface area contributed by atoms with Crippen molar-refractivity contribution in [3.05, 3.63) is 101 Å². The molecule has 6 nitrogen and oxygen atoms in total. The number of nitrogens with zero attached hydrogens (tertiary/aromatic N) is 1. The number of hydrogen-bond donors (Lipinski definition) is 2. The van der Waals surface area contributed by atoms with Gasteiger partial charge in [0.2, 0.25) is 0 Å². The highest BCUT2D eigenvalue weighted by Gasteiger charge is 2.23. The van der Waals surface area contributed by atoms with E-state index in [4.69, 9.17) is 4.42 Å². The molecule has 3 aromatic rings. The number of rotatable bonds is 7. The zero-order chi connectivity index (χ0) is 23.9. The van der Waals surface area contributed by atoms with Crippen molar-refractivity contribution in [3.63, 3.8) is 0 Å². The van der Waals surface area contributed by atoms with E-state index in [1.165, 1.54) is 11.8 Å². The second-order valence-electron chi connectivity index (χ2n) is 8.84. The Bertz CT molecular complexity index is 1140. The molecule has 2 heterocycles. The fourth-order valence-electron chi connectivity index (χ4n) is 4.09. The van der Waals surface area contributed by atoms with Crippen LogP contribution in [0.25, 0.3) is 6.08 Å². The second-order valence-corrected chi connectivity index (χ2v) is 8.84. The SMILES string of the molecule is Cc1ccc(C(=O)N/C(=C\c2ccco2)C(=O)NC2CCN(Cc3ccccc3)CC2)cc1C. The maximum Gasteiger partial charge on any atom is 0.268 e. The number of furan rings is 1. The summed E-state index contributed by atoms with van der Waals surface area (Å²) < 4.78 is 5.38. The fourth-order valence-corrected chi connectivity index (χ4v) is 4.09. The van der Waals surface area contributed by atoms with Crippen molar-refractivity contribution < 1.29 is 14.0 Å². The molecule has 1 saturated heterocycles. The van der Waals surface area contributed by atoms with Gasteiger partial charge in [-0.15, -0.1) is 0 Å². The molecule has 1 aliphatic rings. The van der Waals surface area contributed by atoms with E-state index in [0.29, 0.717) is 11.3 Å². The highest BCUT2D eigenvalue weighted by atomic mass is 16.3. The molecule has 0 spiro atoms. The van der Waals surface area contributed by atoms with Crippen molar-refractivity contribution in [3.8, 4) is 0 Å². The number of hydrogen-bond acceptors (Lipinski definition) is 4. The number of carbonyl (C=O) groups excluding carboxylic acids is 2. The maximum atomic E-state index is 13.1. The van der Waals surface area contributed by atoms with Gasteiger partial charge in [-0.2, -0.15) is 0 Å². The van der Waals surface area contributed by atoms with Gasteiger partial charge >= 0.3 is 0 Å². The summed E-state index contributed by atoms with van der Waals surface area (Å²) in [5.74, 6) is -0.132. The van der Waals surface area contributed by atoms with Crippen LogP contribution in [0.15, 0.2) is 77.0 Å². The number of amides is 2. The first kappa shape index (κ1) is 23.5. The second kappa shape index (κ2) is 11.0. The van der Waals surface area contributed by atoms with Crippen LogP contribution in [0, 0.1) is 13.8 Å². The van der Waals surface area contributed by atoms with E-state index >= 15 is 0 Å². The van der Waals surface area contributed by atoms with E-state index in [2.05, 4.69) is 39.8 Å². The number of piperidine rings is 1. The minimum atomic E-state index is -0.325. The van der Waals surface area contributed by atoms with Gasteiger partial charge in [0.1, 0.15) is 11.5 Å². The predicted octanol–water partition coefficient (Wildman–Crippen LogP) is 4.45. The molecule has 1 fully saturated rings. The zero-order valence-corrected chi connectivity index (χ0v) is 19.7. The Morgan fingerprint density at radius 2 is 1.76 bits per heavy atom. The number of carbonyl (C=O) groups is 2. The molecule has 0 atom stereocenters. The topological polar surface area (TPSA) is 74.6 Å². The van der Waals surface area contributed by atoms with Crippen LogP contribution >= 0.6 is 0 Å². The molecule has 2 N–H and O–H groups in total. The standard InChI is InChI=1S/C28H31N3O3/c1-20-10-11-23(17-21(20)2)27(32)30-26(18-25-9-6-16-34-25)28(33)29-24-12-14-31(15-13-24)19-22-7-4-3-5-8-22/h3-11,16-18,24H,12-15,19H2,1-2H3,(H,29,33)(H,30,32)/b26-18-. The lowest BCUT2D eigenvalue weighted by atomic mass is 10.0. The third-order valence-corrected chi connectivity index (χ3v) is 6.26. The van der Waals surface area contributed by atoms with E-state index < -0.39 is 0 Å². The lowest BCUT2D eigenvalue weighted by molar-refractivity contribution is -0.118. The summed E-state index contributed by atoms with van der Waals surface area (Å²) in [7, 11) is 0. The highest BCUT2D eigenvalue weighted by Crippen LogP contribution is 2.16. The van der Waals surface area contributed by atoms with Crippen LogP contribution in [-0.2, 0) is 11.3 Å². The van der Waals surface area contributed by atoms with Gasteiger partial charge in [-0.05, 0) is 67.6 Å². The van der Waals surface area contributed by atoms with Crippen LogP contribution in [-0.4, -0.2) is 35.8 Å². The molecular weight excluding hydrogens is 426 g/mol. The van der Waals surface area contributed by atoms with Crippen molar-refractivity contribution in [2.75, 3.05) is 13.1 Å². The molecule has 0 unspecified atom stereocenters. The summed E-state index contributed by atoms with van der Waals surface area (Å²) in [5, 5.41) is 5.89. The predicted molar refractivity (Wildman–Crippen MR) is 133 cm³/mol. The van der Waals surface area contributed by atoms with Gasteiger partial charge < -0.3 is 15.1 Å². The minimum absolute atomic E-state index is 0.0537. The van der Waals surface area contributed by atoms with E-state index in [0.717, 1.165) is 43.6 Å². The summed E-state index contributed by atoms with van der Waals surface area (Å²) in [5.41, 5.74) is 4.11. The van der Waals surface area contributed by atoms with Crippen molar-refractivity contribution in [1.82, 2.24) is 15.5 Å². The van der Waals surface area contributed by atoms with Crippen LogP contribution in [0.2, 0.25) is 0 Å². The third kappa shape index (κ3) is 6.23. The van der Waals surface area contributed by atoms with Gasteiger partial charge in [0.25, 0.3) is 11.8 Å². The Labute approximate surface area is 200 Å². The summed E-state index contributed by atoms with van der Waals surface area (Å²) in [6, 6.07) is 19.5. The Balaban J connectivity index is 1.39. The summed E-state index contributed by atoms with van der Waals surface area (Å²) in [6.45, 7) is 6.69. The van der Waals surface area contributed by atoms with Crippen LogP contribution in [0.3, 0.4) is 0 Å². The largest absolute Gasteiger partial charge is 0.465 e. The lowest BCUT2D eigenvalue weighted by Crippen LogP contribution is -2.46. The lowest BCUT2D eigenvalue weighted by Gasteiger charge is -2.32. The number of nitrogens with one attached hydrogen (secondary N) is 2. The van der Waals surface area contributed by atoms with E-state index in [1.807, 2.05) is 32.0 Å². The van der Waals surface area contributed by atoms with Gasteiger partial charge in [0, 0.05) is 37.3 Å². The van der Waals surface area contributed by atoms with Gasteiger partial charge in [0.05, 0.1) is 6.26 Å². The van der Waals surface area contributed by atoms with Crippen LogP contribution in [0.1, 0.15) is 45.7 Å². The number of likely N-dealkylation sites (tertiary alicyclic amines) is 1. The summed E-state index contributed by atoms with van der Waals surface area (Å²) in [6.07, 6.45) is 4.82. The molecule has 0 aliphatic carbocycles. The summed E-state index contributed by atoms with van der Waals surface area (Å²) in [4.78, 5) is 28.4. The molecule has 0 radical (unpaired) electrons. The van der Waals surface area contributed by atoms with E-state index in [9.17, 15) is 9.59 Å². The van der Waals surface area contributed by atoms with E-state index in [1.54, 1.807) is 24.3 Å². The average Bonchev–Trinajstić information content (AvgIpc) is 3.35. The van der Waals surface area contributed by atoms with Gasteiger partial charge in [-0.1, -0.05) is 36.4 Å². The molecule has 2 amide bonds. The number of aryl methyl sites for hydroxylation is 2. The van der Waals surface area contributed by atoms with Crippen LogP contribution < -0.4 is 10.6 Å². The molecule has 1 aromatic heterocycles. The molecule has 6 heteroatoms. The Hall–Kier alpha value is -3.64. The normalized spacial score (nSPS) is 15.2. The minimum Gasteiger partial charge on any atom is -0.465 e. The zero-order valence-electron chi connectivity index (χ0n) is 19.7. The maximum absolute atomic E-state index is 13.1. The molecule has 0 saturated carbocycles. The average molecular weight is 458 g/mol. The first-order valence-corrected chi connectivity index (χ1v) is 11.7. The fraction of sp³-hybridized carbons (Fsp3) is 0.286. The molecule has 34 heavy (non-hydrogen) atoms. The smallest absolute Gasteiger partial charge is 0.268 e. The molecule has 176 valence electrons. The molecular formula is C28H31N3O3. The van der Waals surface area contributed by atoms with E-state index in [-0.39, 0.29) is 23.6 Å². The quantitative estimate of drug-likeness (QED) is 0.514. The van der Waals surface area contributed by atoms with Gasteiger partial charge in [-0.3, -0.25) is 14.5 Å². The molecule has 4 rings (SSSR count). The van der Waals surface area contributed by atoms with Crippen molar-refractivity contribution in [2.45, 2.75) is 39.3 Å². The Kier molecular flexibility index (Phi) is 7.60. The Morgan fingerprint density at radius 3 is 2.44 bits per heavy atom. The van der Waals surface area contributed by atoms with Crippen molar-refractivity contribution in [2.24, 2.45) is 0 Å². The van der Waals surface area contributed by atoms with Crippen molar-refractivity contribution in [1.29, 1.82) is 0 Å². The highest BCUT2D eigenvalue weighted by molar-refractivity contribution is 6.05. The van der Waals surface area contributed by atoms with Crippen LogP contribution in [0.5, 0.6) is 0 Å². The van der Waals surface area contributed by atoms with Crippen LogP contribution in [0.4, 0.5) is 0 Å². The van der Waals surface area contributed by atoms with Gasteiger partial charge in [0.15, 0.2) is 0 Å². The Morgan fingerprint density at radius 1 is 1.00 bits per heavy atom.